The first-order chi connectivity index (χ1) is 29.3. The summed E-state index contributed by atoms with van der Waals surface area (Å²) >= 11 is 0. The fourth-order valence-corrected chi connectivity index (χ4v) is 13.7. The molecule has 326 valence electrons. The standard InChI is InChI=1S/C60H76P2/c1-37(2)45-25-46(38(3)4)30-53(29-45)61(54-31-47(39(5)6)26-48(32-54)40(7)8)59-23-19-17-21-57(59)58-22-18-20-24-60(58)62(55-33-49(41(9)10)27-50(34-55)42(11)12)56-35-51(43(13)14)28-52(36-56)44(15)16/h17-44H,1-16H3. The molecule has 0 N–H and O–H groups in total. The van der Waals surface area contributed by atoms with E-state index in [4.69, 9.17) is 0 Å². The molecule has 6 aromatic rings. The van der Waals surface area contributed by atoms with Gasteiger partial charge in [-0.1, -0.05) is 232 Å². The molecule has 0 spiro atoms. The Morgan fingerprint density at radius 1 is 0.242 bits per heavy atom. The smallest absolute Gasteiger partial charge is 0.00724 e. The average molecular weight is 859 g/mol. The maximum absolute atomic E-state index is 2.56. The number of rotatable bonds is 15. The summed E-state index contributed by atoms with van der Waals surface area (Å²) in [5.41, 5.74) is 14.2. The lowest BCUT2D eigenvalue weighted by Gasteiger charge is -2.29. The summed E-state index contributed by atoms with van der Waals surface area (Å²) in [7, 11) is -1.88. The highest BCUT2D eigenvalue weighted by Gasteiger charge is 2.28. The molecule has 0 heterocycles. The Morgan fingerprint density at radius 2 is 0.419 bits per heavy atom. The highest BCUT2D eigenvalue weighted by molar-refractivity contribution is 7.80. The van der Waals surface area contributed by atoms with Crippen molar-refractivity contribution in [2.75, 3.05) is 0 Å². The van der Waals surface area contributed by atoms with Crippen LogP contribution >= 0.6 is 15.8 Å². The first-order valence-corrected chi connectivity index (χ1v) is 26.4. The molecule has 6 rings (SSSR count). The van der Waals surface area contributed by atoms with Gasteiger partial charge in [0.15, 0.2) is 0 Å². The van der Waals surface area contributed by atoms with Gasteiger partial charge in [0, 0.05) is 0 Å². The SMILES string of the molecule is CC(C)c1cc(C(C)C)cc(P(c2cc(C(C)C)cc(C(C)C)c2)c2ccccc2-c2ccccc2P(c2cc(C(C)C)cc(C(C)C)c2)c2cc(C(C)C)cc(C(C)C)c2)c1. The molecule has 0 atom stereocenters. The summed E-state index contributed by atoms with van der Waals surface area (Å²) in [5.74, 6) is 3.49. The molecule has 0 aliphatic carbocycles. The molecule has 0 radical (unpaired) electrons. The lowest BCUT2D eigenvalue weighted by Crippen LogP contribution is -2.27. The predicted molar refractivity (Wildman–Crippen MR) is 282 cm³/mol. The van der Waals surface area contributed by atoms with Crippen LogP contribution in [0, 0.1) is 0 Å². The van der Waals surface area contributed by atoms with Crippen LogP contribution in [0.3, 0.4) is 0 Å². The Morgan fingerprint density at radius 3 is 0.597 bits per heavy atom. The van der Waals surface area contributed by atoms with Crippen molar-refractivity contribution in [2.45, 2.75) is 158 Å². The molecule has 0 nitrogen and oxygen atoms in total. The lowest BCUT2D eigenvalue weighted by atomic mass is 9.96. The quantitative estimate of drug-likeness (QED) is 0.0903. The molecule has 0 aromatic heterocycles. The lowest BCUT2D eigenvalue weighted by molar-refractivity contribution is 0.835. The molecular weight excluding hydrogens is 783 g/mol. The highest BCUT2D eigenvalue weighted by Crippen LogP contribution is 2.44. The van der Waals surface area contributed by atoms with Gasteiger partial charge in [-0.2, -0.15) is 0 Å². The molecule has 0 amide bonds. The van der Waals surface area contributed by atoms with Crippen LogP contribution < -0.4 is 31.8 Å². The summed E-state index contributed by atoms with van der Waals surface area (Å²) in [6, 6.07) is 49.4. The second kappa shape index (κ2) is 20.3. The van der Waals surface area contributed by atoms with Crippen molar-refractivity contribution in [2.24, 2.45) is 0 Å². The van der Waals surface area contributed by atoms with Crippen LogP contribution in [0.4, 0.5) is 0 Å². The summed E-state index contributed by atoms with van der Waals surface area (Å²) < 4.78 is 0. The van der Waals surface area contributed by atoms with Gasteiger partial charge in [0.2, 0.25) is 0 Å². The van der Waals surface area contributed by atoms with E-state index < -0.39 is 15.8 Å². The van der Waals surface area contributed by atoms with Gasteiger partial charge < -0.3 is 0 Å². The minimum Gasteiger partial charge on any atom is -0.0616 e. The van der Waals surface area contributed by atoms with Crippen LogP contribution in [0.25, 0.3) is 11.1 Å². The van der Waals surface area contributed by atoms with E-state index in [0.29, 0.717) is 47.3 Å². The van der Waals surface area contributed by atoms with E-state index in [0.717, 1.165) is 0 Å². The zero-order valence-electron chi connectivity index (χ0n) is 41.1. The van der Waals surface area contributed by atoms with E-state index in [-0.39, 0.29) is 0 Å². The van der Waals surface area contributed by atoms with Crippen LogP contribution in [0.2, 0.25) is 0 Å². The van der Waals surface area contributed by atoms with Crippen molar-refractivity contribution >= 4 is 47.7 Å². The molecular formula is C60H76P2. The van der Waals surface area contributed by atoms with Crippen LogP contribution in [-0.4, -0.2) is 0 Å². The van der Waals surface area contributed by atoms with Gasteiger partial charge in [-0.05, 0) is 151 Å². The minimum atomic E-state index is -0.942. The van der Waals surface area contributed by atoms with E-state index in [2.05, 4.69) is 232 Å². The normalized spacial score (nSPS) is 12.4. The van der Waals surface area contributed by atoms with Gasteiger partial charge in [0.25, 0.3) is 0 Å². The van der Waals surface area contributed by atoms with Crippen molar-refractivity contribution in [3.05, 3.63) is 166 Å². The summed E-state index contributed by atoms with van der Waals surface area (Å²) in [4.78, 5) is 0. The number of hydrogen-bond donors (Lipinski definition) is 0. The average Bonchev–Trinajstić information content (AvgIpc) is 3.23. The fourth-order valence-electron chi connectivity index (χ4n) is 8.47. The van der Waals surface area contributed by atoms with E-state index in [9.17, 15) is 0 Å². The maximum atomic E-state index is 2.56. The van der Waals surface area contributed by atoms with Gasteiger partial charge in [0.1, 0.15) is 0 Å². The molecule has 0 unspecified atom stereocenters. The Hall–Kier alpha value is -3.82. The molecule has 0 saturated carbocycles. The topological polar surface area (TPSA) is 0 Å². The molecule has 62 heavy (non-hydrogen) atoms. The van der Waals surface area contributed by atoms with Crippen molar-refractivity contribution in [3.63, 3.8) is 0 Å². The first kappa shape index (κ1) is 47.7. The van der Waals surface area contributed by atoms with Crippen LogP contribution in [0.5, 0.6) is 0 Å². The van der Waals surface area contributed by atoms with Gasteiger partial charge in [-0.25, -0.2) is 0 Å². The monoisotopic (exact) mass is 859 g/mol. The van der Waals surface area contributed by atoms with Gasteiger partial charge in [-0.3, -0.25) is 0 Å². The third kappa shape index (κ3) is 10.7. The van der Waals surface area contributed by atoms with Crippen LogP contribution in [0.1, 0.15) is 203 Å². The van der Waals surface area contributed by atoms with Crippen molar-refractivity contribution in [1.29, 1.82) is 0 Å². The summed E-state index contributed by atoms with van der Waals surface area (Å²) in [6.45, 7) is 37.7. The second-order valence-electron chi connectivity index (χ2n) is 20.4. The predicted octanol–water partition coefficient (Wildman–Crippen LogP) is 15.9. The largest absolute Gasteiger partial charge is 0.0616 e. The van der Waals surface area contributed by atoms with E-state index >= 15 is 0 Å². The number of hydrogen-bond acceptors (Lipinski definition) is 0. The van der Waals surface area contributed by atoms with Gasteiger partial charge in [-0.15, -0.1) is 0 Å². The van der Waals surface area contributed by atoms with Crippen molar-refractivity contribution in [3.8, 4) is 11.1 Å². The van der Waals surface area contributed by atoms with E-state index in [1.807, 2.05) is 0 Å². The molecule has 0 bridgehead atoms. The fraction of sp³-hybridized carbons (Fsp3) is 0.400. The van der Waals surface area contributed by atoms with E-state index in [1.54, 1.807) is 0 Å². The first-order valence-electron chi connectivity index (χ1n) is 23.7. The second-order valence-corrected chi connectivity index (χ2v) is 24.7. The Labute approximate surface area is 380 Å². The molecule has 0 aliphatic rings. The highest BCUT2D eigenvalue weighted by atomic mass is 31.1. The zero-order chi connectivity index (χ0) is 45.2. The molecule has 0 aliphatic heterocycles. The summed E-state index contributed by atoms with van der Waals surface area (Å²) in [6.07, 6.45) is 0. The molecule has 0 saturated heterocycles. The van der Waals surface area contributed by atoms with Crippen molar-refractivity contribution < 1.29 is 0 Å². The molecule has 6 aromatic carbocycles. The van der Waals surface area contributed by atoms with Crippen LogP contribution in [0.15, 0.2) is 121 Å². The van der Waals surface area contributed by atoms with Gasteiger partial charge in [0.05, 0.1) is 0 Å². The zero-order valence-corrected chi connectivity index (χ0v) is 42.8. The molecule has 0 fully saturated rings. The Balaban J connectivity index is 1.73. The van der Waals surface area contributed by atoms with E-state index in [1.165, 1.54) is 87.5 Å². The third-order valence-electron chi connectivity index (χ3n) is 12.8. The third-order valence-corrected chi connectivity index (χ3v) is 17.6. The summed E-state index contributed by atoms with van der Waals surface area (Å²) in [5, 5.41) is 8.69. The number of benzene rings is 6. The molecule has 2 heteroatoms. The minimum absolute atomic E-state index is 0.437. The Kier molecular flexibility index (Phi) is 15.6. The van der Waals surface area contributed by atoms with Gasteiger partial charge >= 0.3 is 0 Å². The Bertz CT molecular complexity index is 2050. The van der Waals surface area contributed by atoms with Crippen LogP contribution in [-0.2, 0) is 0 Å². The maximum Gasteiger partial charge on any atom is -0.00724 e. The van der Waals surface area contributed by atoms with Crippen molar-refractivity contribution in [1.82, 2.24) is 0 Å².